The summed E-state index contributed by atoms with van der Waals surface area (Å²) in [6.45, 7) is 9.71. The Bertz CT molecular complexity index is 294. The van der Waals surface area contributed by atoms with Crippen molar-refractivity contribution in [3.05, 3.63) is 24.5 Å². The highest BCUT2D eigenvalue weighted by atomic mass is 19.4. The molecule has 0 fully saturated rings. The molecule has 16 heavy (non-hydrogen) atoms. The molecule has 92 valence electrons. The molecule has 0 aliphatic rings. The van der Waals surface area contributed by atoms with E-state index in [-0.39, 0.29) is 12.4 Å². The summed E-state index contributed by atoms with van der Waals surface area (Å²) in [6.07, 6.45) is -6.00. The molecule has 0 aliphatic carbocycles. The zero-order valence-electron chi connectivity index (χ0n) is 9.06. The molecule has 0 bridgehead atoms. The van der Waals surface area contributed by atoms with E-state index in [0.29, 0.717) is 5.57 Å². The quantitative estimate of drug-likeness (QED) is 0.419. The molecule has 0 heterocycles. The van der Waals surface area contributed by atoms with Crippen molar-refractivity contribution in [3.8, 4) is 0 Å². The summed E-state index contributed by atoms with van der Waals surface area (Å²) in [4.78, 5) is 10.4. The van der Waals surface area contributed by atoms with Crippen molar-refractivity contribution in [2.75, 3.05) is 6.61 Å². The van der Waals surface area contributed by atoms with E-state index in [1.807, 2.05) is 0 Å². The molecule has 0 saturated heterocycles. The second-order valence-electron chi connectivity index (χ2n) is 3.23. The number of halogens is 3. The summed E-state index contributed by atoms with van der Waals surface area (Å²) in [5, 5.41) is 0. The standard InChI is InChI=1S/C10H13F3O3/c1-6(2)8(4)15-5-7(3)16-9(14)10(11,12)13/h7H,1,4-5H2,2-3H3. The lowest BCUT2D eigenvalue weighted by molar-refractivity contribution is -0.205. The van der Waals surface area contributed by atoms with Crippen LogP contribution in [0.3, 0.4) is 0 Å². The Morgan fingerprint density at radius 2 is 1.88 bits per heavy atom. The maximum absolute atomic E-state index is 11.8. The van der Waals surface area contributed by atoms with Crippen LogP contribution in [0.1, 0.15) is 13.8 Å². The minimum atomic E-state index is -4.99. The van der Waals surface area contributed by atoms with Gasteiger partial charge in [-0.25, -0.2) is 4.79 Å². The number of allylic oxidation sites excluding steroid dienone is 1. The van der Waals surface area contributed by atoms with E-state index in [1.54, 1.807) is 6.92 Å². The largest absolute Gasteiger partial charge is 0.490 e. The molecule has 0 rings (SSSR count). The van der Waals surface area contributed by atoms with Crippen molar-refractivity contribution in [1.29, 1.82) is 0 Å². The third kappa shape index (κ3) is 5.43. The van der Waals surface area contributed by atoms with Gasteiger partial charge < -0.3 is 9.47 Å². The normalized spacial score (nSPS) is 12.8. The van der Waals surface area contributed by atoms with Gasteiger partial charge in [-0.1, -0.05) is 13.2 Å². The van der Waals surface area contributed by atoms with E-state index in [1.165, 1.54) is 6.92 Å². The summed E-state index contributed by atoms with van der Waals surface area (Å²) >= 11 is 0. The average Bonchev–Trinajstić information content (AvgIpc) is 2.12. The number of hydrogen-bond donors (Lipinski definition) is 0. The van der Waals surface area contributed by atoms with E-state index in [0.717, 1.165) is 0 Å². The Morgan fingerprint density at radius 3 is 2.25 bits per heavy atom. The van der Waals surface area contributed by atoms with Crippen LogP contribution in [0, 0.1) is 0 Å². The van der Waals surface area contributed by atoms with Crippen LogP contribution >= 0.6 is 0 Å². The Morgan fingerprint density at radius 1 is 1.38 bits per heavy atom. The lowest BCUT2D eigenvalue weighted by Gasteiger charge is -2.16. The average molecular weight is 238 g/mol. The first-order valence-electron chi connectivity index (χ1n) is 4.40. The zero-order valence-corrected chi connectivity index (χ0v) is 9.06. The van der Waals surface area contributed by atoms with Gasteiger partial charge in [0.1, 0.15) is 18.5 Å². The van der Waals surface area contributed by atoms with Crippen molar-refractivity contribution in [3.63, 3.8) is 0 Å². The Kier molecular flexibility index (Phi) is 5.07. The number of carbonyl (C=O) groups excluding carboxylic acids is 1. The summed E-state index contributed by atoms with van der Waals surface area (Å²) in [5.41, 5.74) is 0.550. The molecule has 0 saturated carbocycles. The lowest BCUT2D eigenvalue weighted by Crippen LogP contribution is -2.30. The van der Waals surface area contributed by atoms with Crippen LogP contribution in [0.25, 0.3) is 0 Å². The van der Waals surface area contributed by atoms with E-state index in [2.05, 4.69) is 17.9 Å². The number of rotatable bonds is 5. The fourth-order valence-electron chi connectivity index (χ4n) is 0.625. The third-order valence-electron chi connectivity index (χ3n) is 1.51. The second kappa shape index (κ2) is 5.58. The van der Waals surface area contributed by atoms with Gasteiger partial charge in [0.15, 0.2) is 0 Å². The SMILES string of the molecule is C=C(C)C(=C)OCC(C)OC(=O)C(F)(F)F. The van der Waals surface area contributed by atoms with Crippen molar-refractivity contribution in [2.24, 2.45) is 0 Å². The number of hydrogen-bond acceptors (Lipinski definition) is 3. The molecule has 1 atom stereocenters. The minimum absolute atomic E-state index is 0.201. The molecule has 0 aromatic rings. The van der Waals surface area contributed by atoms with Gasteiger partial charge in [0, 0.05) is 0 Å². The van der Waals surface area contributed by atoms with Crippen molar-refractivity contribution in [1.82, 2.24) is 0 Å². The van der Waals surface area contributed by atoms with E-state index < -0.39 is 18.2 Å². The molecule has 0 radical (unpaired) electrons. The van der Waals surface area contributed by atoms with Gasteiger partial charge in [-0.15, -0.1) is 0 Å². The summed E-state index contributed by atoms with van der Waals surface area (Å²) in [7, 11) is 0. The van der Waals surface area contributed by atoms with Crippen LogP contribution in [0.15, 0.2) is 24.5 Å². The summed E-state index contributed by atoms with van der Waals surface area (Å²) < 4.78 is 44.4. The van der Waals surface area contributed by atoms with Crippen LogP contribution in [0.2, 0.25) is 0 Å². The van der Waals surface area contributed by atoms with Crippen LogP contribution in [-0.2, 0) is 14.3 Å². The minimum Gasteiger partial charge on any atom is -0.490 e. The smallest absolute Gasteiger partial charge is 0.490 e. The van der Waals surface area contributed by atoms with Crippen LogP contribution in [0.4, 0.5) is 13.2 Å². The van der Waals surface area contributed by atoms with E-state index in [4.69, 9.17) is 4.74 Å². The van der Waals surface area contributed by atoms with Crippen molar-refractivity contribution < 1.29 is 27.4 Å². The molecular formula is C10H13F3O3. The topological polar surface area (TPSA) is 35.5 Å². The zero-order chi connectivity index (χ0) is 12.9. The molecule has 0 N–H and O–H groups in total. The molecule has 0 aromatic heterocycles. The lowest BCUT2D eigenvalue weighted by atomic mass is 10.3. The Hall–Kier alpha value is -1.46. The predicted octanol–water partition coefficient (Wildman–Crippen LogP) is 2.59. The molecule has 0 aliphatic heterocycles. The van der Waals surface area contributed by atoms with Gasteiger partial charge in [-0.2, -0.15) is 13.2 Å². The van der Waals surface area contributed by atoms with Gasteiger partial charge in [0.25, 0.3) is 0 Å². The Labute approximate surface area is 91.5 Å². The Balaban J connectivity index is 4.01. The first kappa shape index (κ1) is 14.5. The molecule has 3 nitrogen and oxygen atoms in total. The first-order valence-corrected chi connectivity index (χ1v) is 4.40. The first-order chi connectivity index (χ1) is 7.14. The molecule has 6 heteroatoms. The summed E-state index contributed by atoms with van der Waals surface area (Å²) in [6, 6.07) is 0. The highest BCUT2D eigenvalue weighted by Crippen LogP contribution is 2.17. The number of ether oxygens (including phenoxy) is 2. The monoisotopic (exact) mass is 238 g/mol. The van der Waals surface area contributed by atoms with Gasteiger partial charge >= 0.3 is 12.1 Å². The van der Waals surface area contributed by atoms with E-state index >= 15 is 0 Å². The van der Waals surface area contributed by atoms with Crippen LogP contribution in [-0.4, -0.2) is 24.9 Å². The summed E-state index contributed by atoms with van der Waals surface area (Å²) in [5.74, 6) is -1.99. The van der Waals surface area contributed by atoms with E-state index in [9.17, 15) is 18.0 Å². The van der Waals surface area contributed by atoms with Gasteiger partial charge in [0.2, 0.25) is 0 Å². The maximum atomic E-state index is 11.8. The second-order valence-corrected chi connectivity index (χ2v) is 3.23. The highest BCUT2D eigenvalue weighted by molar-refractivity contribution is 5.75. The van der Waals surface area contributed by atoms with Crippen LogP contribution in [0.5, 0.6) is 0 Å². The maximum Gasteiger partial charge on any atom is 0.490 e. The molecular weight excluding hydrogens is 225 g/mol. The molecule has 1 unspecified atom stereocenters. The molecule has 0 aromatic carbocycles. The fraction of sp³-hybridized carbons (Fsp3) is 0.500. The number of carbonyl (C=O) groups is 1. The van der Waals surface area contributed by atoms with Gasteiger partial charge in [-0.3, -0.25) is 0 Å². The fourth-order valence-corrected chi connectivity index (χ4v) is 0.625. The molecule has 0 spiro atoms. The third-order valence-corrected chi connectivity index (χ3v) is 1.51. The molecule has 0 amide bonds. The highest BCUT2D eigenvalue weighted by Gasteiger charge is 2.41. The van der Waals surface area contributed by atoms with Gasteiger partial charge in [0.05, 0.1) is 0 Å². The van der Waals surface area contributed by atoms with Crippen LogP contribution < -0.4 is 0 Å². The van der Waals surface area contributed by atoms with Crippen molar-refractivity contribution >= 4 is 5.97 Å². The van der Waals surface area contributed by atoms with Crippen molar-refractivity contribution in [2.45, 2.75) is 26.1 Å². The predicted molar refractivity (Wildman–Crippen MR) is 51.5 cm³/mol. The van der Waals surface area contributed by atoms with Gasteiger partial charge in [-0.05, 0) is 19.4 Å². The number of esters is 1. The number of alkyl halides is 3.